The number of hydrogen-bond acceptors (Lipinski definition) is 0. The predicted molar refractivity (Wildman–Crippen MR) is 35.5 cm³/mol. The normalized spacial score (nSPS) is 8.11. The molecule has 48 valence electrons. The first-order valence-electron chi connectivity index (χ1n) is 2.76. The fourth-order valence-electron chi connectivity index (χ4n) is 0.645. The molecule has 1 aromatic rings. The van der Waals surface area contributed by atoms with Crippen molar-refractivity contribution in [3.63, 3.8) is 0 Å². The van der Waals surface area contributed by atoms with Gasteiger partial charge in [-0.2, -0.15) is 6.42 Å². The van der Waals surface area contributed by atoms with Gasteiger partial charge >= 0.3 is 0 Å². The van der Waals surface area contributed by atoms with E-state index in [0.717, 1.165) is 6.42 Å². The average molecular weight is 157 g/mol. The molecule has 0 spiro atoms. The molecule has 0 unspecified atom stereocenters. The van der Waals surface area contributed by atoms with Crippen molar-refractivity contribution in [3.05, 3.63) is 42.8 Å². The topological polar surface area (TPSA) is 0 Å². The summed E-state index contributed by atoms with van der Waals surface area (Å²) in [4.78, 5) is 0. The molecule has 0 nitrogen and oxygen atoms in total. The van der Waals surface area contributed by atoms with Crippen molar-refractivity contribution in [2.24, 2.45) is 0 Å². The van der Waals surface area contributed by atoms with E-state index in [1.54, 1.807) is 0 Å². The van der Waals surface area contributed by atoms with Crippen LogP contribution in [0.4, 0.5) is 0 Å². The minimum Gasteiger partial charge on any atom is -0.339 e. The Labute approximate surface area is 67.0 Å². The molecule has 0 heterocycles. The van der Waals surface area contributed by atoms with Gasteiger partial charge in [-0.05, 0) is 0 Å². The predicted octanol–water partition coefficient (Wildman–Crippen LogP) is 2.06. The van der Waals surface area contributed by atoms with Gasteiger partial charge in [0, 0.05) is 17.4 Å². The van der Waals surface area contributed by atoms with Gasteiger partial charge in [0.25, 0.3) is 0 Å². The molecule has 1 rings (SSSR count). The van der Waals surface area contributed by atoms with Crippen molar-refractivity contribution in [1.82, 2.24) is 0 Å². The summed E-state index contributed by atoms with van der Waals surface area (Å²) >= 11 is 0. The zero-order chi connectivity index (χ0) is 5.82. The molecule has 0 aliphatic rings. The maximum absolute atomic E-state index is 3.76. The van der Waals surface area contributed by atoms with Crippen LogP contribution in [0.15, 0.2) is 30.3 Å². The molecule has 0 bridgehead atoms. The van der Waals surface area contributed by atoms with E-state index in [2.05, 4.69) is 19.1 Å². The third kappa shape index (κ3) is 2.70. The number of benzene rings is 1. The van der Waals surface area contributed by atoms with Crippen LogP contribution in [0.3, 0.4) is 0 Å². The maximum Gasteiger partial charge on any atom is 0 e. The van der Waals surface area contributed by atoms with Gasteiger partial charge in [-0.3, -0.25) is 0 Å². The third-order valence-corrected chi connectivity index (χ3v) is 1.13. The quantitative estimate of drug-likeness (QED) is 0.547. The third-order valence-electron chi connectivity index (χ3n) is 1.13. The molecule has 0 amide bonds. The molecule has 1 aromatic carbocycles. The van der Waals surface area contributed by atoms with Gasteiger partial charge < -0.3 is 6.92 Å². The summed E-state index contributed by atoms with van der Waals surface area (Å²) in [7, 11) is 0. The Balaban J connectivity index is 0.000000640. The molecule has 0 atom stereocenters. The van der Waals surface area contributed by atoms with Crippen molar-refractivity contribution in [1.29, 1.82) is 0 Å². The second-order valence-corrected chi connectivity index (χ2v) is 1.74. The molecule has 0 aromatic heterocycles. The fraction of sp³-hybridized carbons (Fsp3) is 0.125. The van der Waals surface area contributed by atoms with Gasteiger partial charge in [-0.25, -0.2) is 0 Å². The van der Waals surface area contributed by atoms with Gasteiger partial charge in [-0.1, -0.05) is 35.9 Å². The summed E-state index contributed by atoms with van der Waals surface area (Å²) in [5.74, 6) is 0. The number of hydrogen-bond donors (Lipinski definition) is 0. The van der Waals surface area contributed by atoms with Crippen molar-refractivity contribution < 1.29 is 17.4 Å². The molecule has 9 heavy (non-hydrogen) atoms. The average Bonchev–Trinajstić information content (AvgIpc) is 1.90. The van der Waals surface area contributed by atoms with Gasteiger partial charge in [0.2, 0.25) is 0 Å². The minimum atomic E-state index is 0. The Bertz CT molecular complexity index is 146. The molecule has 0 saturated heterocycles. The van der Waals surface area contributed by atoms with Crippen LogP contribution in [0.1, 0.15) is 5.56 Å². The zero-order valence-corrected chi connectivity index (χ0v) is 6.48. The Hall–Kier alpha value is -0.248. The van der Waals surface area contributed by atoms with Gasteiger partial charge in [0.15, 0.2) is 0 Å². The van der Waals surface area contributed by atoms with E-state index in [4.69, 9.17) is 0 Å². The summed E-state index contributed by atoms with van der Waals surface area (Å²) in [5.41, 5.74) is 1.30. The molecule has 0 fully saturated rings. The van der Waals surface area contributed by atoms with Gasteiger partial charge in [0.1, 0.15) is 0 Å². The summed E-state index contributed by atoms with van der Waals surface area (Å²) in [5, 5.41) is 0. The SMILES string of the molecule is [CH2-]Cc1ccccc1.[Cr]. The first-order chi connectivity index (χ1) is 3.93. The van der Waals surface area contributed by atoms with E-state index < -0.39 is 0 Å². The van der Waals surface area contributed by atoms with Crippen LogP contribution in [-0.4, -0.2) is 0 Å². The molecule has 1 heteroatoms. The largest absolute Gasteiger partial charge is 0.339 e. The standard InChI is InChI=1S/C8H9.Cr/c1-2-8-6-4-3-5-7-8;/h3-7H,1-2H2;/q-1;. The van der Waals surface area contributed by atoms with Crippen molar-refractivity contribution >= 4 is 0 Å². The maximum atomic E-state index is 3.76. The van der Waals surface area contributed by atoms with E-state index in [-0.39, 0.29) is 17.4 Å². The molecule has 0 radical (unpaired) electrons. The van der Waals surface area contributed by atoms with Gasteiger partial charge in [0.05, 0.1) is 0 Å². The second kappa shape index (κ2) is 4.61. The summed E-state index contributed by atoms with van der Waals surface area (Å²) in [6.45, 7) is 3.76. The van der Waals surface area contributed by atoms with Crippen molar-refractivity contribution in [2.45, 2.75) is 6.42 Å². The van der Waals surface area contributed by atoms with E-state index >= 15 is 0 Å². The van der Waals surface area contributed by atoms with Crippen LogP contribution in [0.5, 0.6) is 0 Å². The Kier molecular flexibility index (Phi) is 4.49. The zero-order valence-electron chi connectivity index (χ0n) is 5.21. The molecular weight excluding hydrogens is 148 g/mol. The van der Waals surface area contributed by atoms with Crippen LogP contribution in [0.25, 0.3) is 0 Å². The monoisotopic (exact) mass is 157 g/mol. The summed E-state index contributed by atoms with van der Waals surface area (Å²) in [6.07, 6.45) is 0.890. The smallest absolute Gasteiger partial charge is 0 e. The van der Waals surface area contributed by atoms with Gasteiger partial charge in [-0.15, -0.1) is 0 Å². The molecule has 0 N–H and O–H groups in total. The first-order valence-corrected chi connectivity index (χ1v) is 2.76. The van der Waals surface area contributed by atoms with Crippen LogP contribution < -0.4 is 0 Å². The minimum absolute atomic E-state index is 0. The first kappa shape index (κ1) is 8.75. The van der Waals surface area contributed by atoms with E-state index in [1.807, 2.05) is 18.2 Å². The van der Waals surface area contributed by atoms with E-state index in [0.29, 0.717) is 0 Å². The fourth-order valence-corrected chi connectivity index (χ4v) is 0.645. The number of rotatable bonds is 1. The van der Waals surface area contributed by atoms with E-state index in [9.17, 15) is 0 Å². The van der Waals surface area contributed by atoms with Crippen LogP contribution in [-0.2, 0) is 23.8 Å². The van der Waals surface area contributed by atoms with Crippen molar-refractivity contribution in [2.75, 3.05) is 0 Å². The van der Waals surface area contributed by atoms with E-state index in [1.165, 1.54) is 5.56 Å². The van der Waals surface area contributed by atoms with Crippen LogP contribution in [0.2, 0.25) is 0 Å². The van der Waals surface area contributed by atoms with Crippen LogP contribution >= 0.6 is 0 Å². The summed E-state index contributed by atoms with van der Waals surface area (Å²) < 4.78 is 0. The Morgan fingerprint density at radius 2 is 1.67 bits per heavy atom. The Morgan fingerprint density at radius 1 is 1.11 bits per heavy atom. The molecular formula is C8H9Cr-. The second-order valence-electron chi connectivity index (χ2n) is 1.74. The van der Waals surface area contributed by atoms with Crippen molar-refractivity contribution in [3.8, 4) is 0 Å². The molecule has 0 aliphatic carbocycles. The molecule has 0 saturated carbocycles. The Morgan fingerprint density at radius 3 is 2.00 bits per heavy atom. The van der Waals surface area contributed by atoms with Crippen LogP contribution in [0, 0.1) is 6.92 Å². The molecule has 0 aliphatic heterocycles. The summed E-state index contributed by atoms with van der Waals surface area (Å²) in [6, 6.07) is 10.2.